The molecule has 0 aliphatic carbocycles. The van der Waals surface area contributed by atoms with E-state index in [0.717, 1.165) is 44.5 Å². The second kappa shape index (κ2) is 20.2. The fourth-order valence-corrected chi connectivity index (χ4v) is 6.31. The Morgan fingerprint density at radius 3 is 1.44 bits per heavy atom. The number of hydrogen-bond donors (Lipinski definition) is 5. The first-order valence-corrected chi connectivity index (χ1v) is 18.8. The van der Waals surface area contributed by atoms with Crippen LogP contribution >= 0.6 is 23.2 Å². The lowest BCUT2D eigenvalue weighted by molar-refractivity contribution is 0.0687. The number of aromatic amines is 2. The molecule has 0 saturated carbocycles. The molecule has 7 rings (SSSR count). The number of nitrogens with two attached hydrogens (primary N) is 1. The predicted octanol–water partition coefficient (Wildman–Crippen LogP) is 8.76. The minimum atomic E-state index is -1.15. The number of ether oxygens (including phenoxy) is 2. The maximum Gasteiger partial charge on any atom is 0.336 e. The van der Waals surface area contributed by atoms with E-state index in [-0.39, 0.29) is 36.5 Å². The molecule has 1 amide bonds. The monoisotopic (exact) mass is 802 g/mol. The van der Waals surface area contributed by atoms with E-state index in [9.17, 15) is 14.7 Å². The number of halogens is 2. The highest BCUT2D eigenvalue weighted by Gasteiger charge is 2.18. The van der Waals surface area contributed by atoms with Gasteiger partial charge in [-0.25, -0.2) is 4.79 Å². The fourth-order valence-electron chi connectivity index (χ4n) is 6.05. The third-order valence-electron chi connectivity index (χ3n) is 8.91. The van der Waals surface area contributed by atoms with Gasteiger partial charge in [0.2, 0.25) is 0 Å². The van der Waals surface area contributed by atoms with Crippen molar-refractivity contribution in [3.8, 4) is 22.3 Å². The molecule has 57 heavy (non-hydrogen) atoms. The summed E-state index contributed by atoms with van der Waals surface area (Å²) in [4.78, 5) is 23.9. The van der Waals surface area contributed by atoms with Crippen LogP contribution in [0.25, 0.3) is 22.3 Å². The van der Waals surface area contributed by atoms with Gasteiger partial charge in [-0.1, -0.05) is 108 Å². The summed E-state index contributed by atoms with van der Waals surface area (Å²) < 4.78 is 12.1. The van der Waals surface area contributed by atoms with Crippen LogP contribution in [-0.2, 0) is 9.47 Å². The van der Waals surface area contributed by atoms with Gasteiger partial charge in [-0.05, 0) is 69.8 Å². The summed E-state index contributed by atoms with van der Waals surface area (Å²) in [7, 11) is 0. The molecule has 0 aliphatic rings. The zero-order valence-electron chi connectivity index (χ0n) is 30.6. The maximum atomic E-state index is 12.5. The highest BCUT2D eigenvalue weighted by molar-refractivity contribution is 6.30. The number of amides is 1. The van der Waals surface area contributed by atoms with Crippen molar-refractivity contribution in [1.29, 1.82) is 0 Å². The summed E-state index contributed by atoms with van der Waals surface area (Å²) in [5.74, 6) is -1.61. The van der Waals surface area contributed by atoms with Gasteiger partial charge in [-0.15, -0.1) is 0 Å². The van der Waals surface area contributed by atoms with Crippen LogP contribution in [0.2, 0.25) is 10.0 Å². The average Bonchev–Trinajstić information content (AvgIpc) is 3.99. The lowest BCUT2D eigenvalue weighted by Crippen LogP contribution is -2.29. The Labute approximate surface area is 339 Å². The number of benzene rings is 5. The topological polar surface area (TPSA) is 168 Å². The third kappa shape index (κ3) is 11.0. The van der Waals surface area contributed by atoms with Crippen molar-refractivity contribution < 1.29 is 24.2 Å². The van der Waals surface area contributed by atoms with Crippen LogP contribution in [0.5, 0.6) is 0 Å². The summed E-state index contributed by atoms with van der Waals surface area (Å²) in [5, 5.41) is 26.9. The number of nitrogens with zero attached hydrogens (tertiary/aromatic N) is 2. The molecule has 0 spiro atoms. The summed E-state index contributed by atoms with van der Waals surface area (Å²) in [6, 6.07) is 37.4. The van der Waals surface area contributed by atoms with Crippen LogP contribution in [-0.4, -0.2) is 63.7 Å². The second-order valence-electron chi connectivity index (χ2n) is 12.7. The molecule has 5 aromatic carbocycles. The molecule has 2 atom stereocenters. The molecule has 2 aromatic heterocycles. The van der Waals surface area contributed by atoms with Crippen LogP contribution in [0.3, 0.4) is 0 Å². The minimum absolute atomic E-state index is 0.0438. The second-order valence-corrected chi connectivity index (χ2v) is 13.6. The number of hydrogen-bond acceptors (Lipinski definition) is 7. The van der Waals surface area contributed by atoms with Gasteiger partial charge in [0, 0.05) is 46.7 Å². The number of aromatic nitrogens is 4. The van der Waals surface area contributed by atoms with Crippen molar-refractivity contribution in [3.63, 3.8) is 0 Å². The van der Waals surface area contributed by atoms with Crippen LogP contribution < -0.4 is 11.1 Å². The molecule has 11 nitrogen and oxygen atoms in total. The van der Waals surface area contributed by atoms with Gasteiger partial charge in [0.15, 0.2) is 0 Å². The Morgan fingerprint density at radius 2 is 1.04 bits per heavy atom. The Morgan fingerprint density at radius 1 is 0.614 bits per heavy atom. The average molecular weight is 804 g/mol. The lowest BCUT2D eigenvalue weighted by atomic mass is 9.99. The molecule has 0 saturated heterocycles. The van der Waals surface area contributed by atoms with Crippen molar-refractivity contribution in [2.45, 2.75) is 12.2 Å². The Balaban J connectivity index is 0.000000208. The highest BCUT2D eigenvalue weighted by atomic mass is 35.5. The standard InChI is InChI=1S/C26H22ClN3O4.C18H18ClN3O/c27-21-11-9-19(10-12-21)24(18-7-5-17(6-8-18)20-15-29-30-16-20)34-14-13-28-25(31)22-3-1-2-4-23(22)26(32)33;19-17-7-5-15(6-8-17)18(23-10-9-20)14-3-1-13(2-4-14)16-11-21-22-12-16/h1-12,15-16,24H,13-14H2,(H,28,31)(H,29,30)(H,32,33);1-8,11-12,18H,9-10,20H2,(H,21,22). The molecular weight excluding hydrogens is 763 g/mol. The molecule has 7 aromatic rings. The summed E-state index contributed by atoms with van der Waals surface area (Å²) in [6.07, 6.45) is 6.72. The largest absolute Gasteiger partial charge is 0.478 e. The van der Waals surface area contributed by atoms with E-state index < -0.39 is 11.9 Å². The normalized spacial score (nSPS) is 11.9. The number of H-pyrrole nitrogens is 2. The summed E-state index contributed by atoms with van der Waals surface area (Å²) in [6.45, 7) is 1.41. The third-order valence-corrected chi connectivity index (χ3v) is 9.42. The maximum absolute atomic E-state index is 12.5. The highest BCUT2D eigenvalue weighted by Crippen LogP contribution is 2.31. The number of carboxylic acid groups (broad SMARTS) is 1. The van der Waals surface area contributed by atoms with E-state index in [1.807, 2.05) is 73.1 Å². The van der Waals surface area contributed by atoms with Crippen LogP contribution in [0.4, 0.5) is 0 Å². The first kappa shape index (κ1) is 40.6. The predicted molar refractivity (Wildman–Crippen MR) is 221 cm³/mol. The van der Waals surface area contributed by atoms with Gasteiger partial charge in [0.05, 0.1) is 36.7 Å². The lowest BCUT2D eigenvalue weighted by Gasteiger charge is -2.20. The fraction of sp³-hybridized carbons (Fsp3) is 0.136. The van der Waals surface area contributed by atoms with E-state index in [2.05, 4.69) is 50.0 Å². The molecule has 6 N–H and O–H groups in total. The molecule has 290 valence electrons. The van der Waals surface area contributed by atoms with Gasteiger partial charge < -0.3 is 25.6 Å². The van der Waals surface area contributed by atoms with E-state index in [4.69, 9.17) is 38.4 Å². The van der Waals surface area contributed by atoms with Gasteiger partial charge in [-0.2, -0.15) is 10.2 Å². The number of carbonyl (C=O) groups is 2. The number of aromatic carboxylic acids is 1. The number of nitrogens with one attached hydrogen (secondary N) is 3. The van der Waals surface area contributed by atoms with E-state index in [1.165, 1.54) is 12.1 Å². The van der Waals surface area contributed by atoms with E-state index >= 15 is 0 Å². The smallest absolute Gasteiger partial charge is 0.336 e. The SMILES string of the molecule is NCCOC(c1ccc(Cl)cc1)c1ccc(-c2cn[nH]c2)cc1.O=C(O)c1ccccc1C(=O)NCCOC(c1ccc(Cl)cc1)c1ccc(-c2cn[nH]c2)cc1. The molecule has 0 bridgehead atoms. The van der Waals surface area contributed by atoms with Gasteiger partial charge in [-0.3, -0.25) is 15.0 Å². The summed E-state index contributed by atoms with van der Waals surface area (Å²) >= 11 is 12.0. The first-order chi connectivity index (χ1) is 27.8. The summed E-state index contributed by atoms with van der Waals surface area (Å²) in [5.41, 5.74) is 13.8. The molecule has 2 heterocycles. The van der Waals surface area contributed by atoms with Crippen LogP contribution in [0.15, 0.2) is 146 Å². The quantitative estimate of drug-likeness (QED) is 0.0642. The minimum Gasteiger partial charge on any atom is -0.478 e. The number of carbonyl (C=O) groups excluding carboxylic acids is 1. The Hall–Kier alpha value is -6.08. The zero-order valence-corrected chi connectivity index (χ0v) is 32.2. The zero-order chi connectivity index (χ0) is 40.0. The number of rotatable bonds is 15. The molecule has 0 radical (unpaired) electrons. The van der Waals surface area contributed by atoms with Crippen LogP contribution in [0, 0.1) is 0 Å². The number of carboxylic acids is 1. The van der Waals surface area contributed by atoms with E-state index in [1.54, 1.807) is 36.7 Å². The van der Waals surface area contributed by atoms with E-state index in [0.29, 0.717) is 23.2 Å². The molecule has 0 fully saturated rings. The Bertz CT molecular complexity index is 2300. The van der Waals surface area contributed by atoms with Crippen molar-refractivity contribution in [3.05, 3.63) is 190 Å². The van der Waals surface area contributed by atoms with Gasteiger partial charge in [0.25, 0.3) is 5.91 Å². The molecule has 2 unspecified atom stereocenters. The first-order valence-electron chi connectivity index (χ1n) is 18.0. The van der Waals surface area contributed by atoms with Gasteiger partial charge in [0.1, 0.15) is 12.2 Å². The van der Waals surface area contributed by atoms with Crippen LogP contribution in [0.1, 0.15) is 55.2 Å². The van der Waals surface area contributed by atoms with Crippen molar-refractivity contribution in [2.75, 3.05) is 26.3 Å². The van der Waals surface area contributed by atoms with Crippen molar-refractivity contribution in [1.82, 2.24) is 25.7 Å². The molecule has 13 heteroatoms. The Kier molecular flexibility index (Phi) is 14.4. The molecular formula is C44H40Cl2N6O5. The van der Waals surface area contributed by atoms with Crippen molar-refractivity contribution in [2.24, 2.45) is 5.73 Å². The van der Waals surface area contributed by atoms with Gasteiger partial charge >= 0.3 is 5.97 Å². The molecule has 0 aliphatic heterocycles. The van der Waals surface area contributed by atoms with Crippen molar-refractivity contribution >= 4 is 35.1 Å².